The number of esters is 2. The summed E-state index contributed by atoms with van der Waals surface area (Å²) in [5.41, 5.74) is 7.63. The van der Waals surface area contributed by atoms with E-state index in [1.807, 2.05) is 13.8 Å². The van der Waals surface area contributed by atoms with E-state index in [4.69, 9.17) is 9.47 Å². The maximum atomic E-state index is 13.1. The van der Waals surface area contributed by atoms with Gasteiger partial charge in [-0.3, -0.25) is 9.59 Å². The lowest BCUT2D eigenvalue weighted by Crippen LogP contribution is -2.53. The molecule has 2 aromatic carbocycles. The second-order valence-corrected chi connectivity index (χ2v) is 8.67. The lowest BCUT2D eigenvalue weighted by molar-refractivity contribution is -0.171. The van der Waals surface area contributed by atoms with Crippen molar-refractivity contribution in [2.24, 2.45) is 11.8 Å². The summed E-state index contributed by atoms with van der Waals surface area (Å²) in [6.07, 6.45) is 3.86. The van der Waals surface area contributed by atoms with Crippen LogP contribution in [0.3, 0.4) is 0 Å². The molecule has 3 aliphatic rings. The van der Waals surface area contributed by atoms with Gasteiger partial charge in [0.1, 0.15) is 0 Å². The van der Waals surface area contributed by atoms with Crippen LogP contribution in [0.1, 0.15) is 59.1 Å². The Morgan fingerprint density at radius 2 is 1.17 bits per heavy atom. The van der Waals surface area contributed by atoms with E-state index in [9.17, 15) is 9.59 Å². The molecule has 0 amide bonds. The molecule has 0 aliphatic heterocycles. The number of hydrogen-bond acceptors (Lipinski definition) is 4. The van der Waals surface area contributed by atoms with Crippen LogP contribution in [-0.4, -0.2) is 25.2 Å². The zero-order chi connectivity index (χ0) is 20.8. The fourth-order valence-corrected chi connectivity index (χ4v) is 5.82. The lowest BCUT2D eigenvalue weighted by atomic mass is 9.50. The minimum Gasteiger partial charge on any atom is -0.466 e. The minimum absolute atomic E-state index is 0.0409. The Kier molecular flexibility index (Phi) is 4.88. The van der Waals surface area contributed by atoms with Crippen molar-refractivity contribution in [1.82, 2.24) is 0 Å². The van der Waals surface area contributed by atoms with Gasteiger partial charge in [0.15, 0.2) is 0 Å². The van der Waals surface area contributed by atoms with Crippen LogP contribution in [0.15, 0.2) is 36.4 Å². The average molecular weight is 405 g/mol. The summed E-state index contributed by atoms with van der Waals surface area (Å²) in [6.45, 7) is 4.26. The van der Waals surface area contributed by atoms with Gasteiger partial charge in [0.25, 0.3) is 0 Å². The number of ether oxygens (including phenoxy) is 2. The molecule has 1 fully saturated rings. The molecule has 0 aromatic heterocycles. The number of carbonyl (C=O) groups is 2. The van der Waals surface area contributed by atoms with Gasteiger partial charge in [-0.2, -0.15) is 0 Å². The van der Waals surface area contributed by atoms with Crippen LogP contribution in [0.25, 0.3) is 0 Å². The van der Waals surface area contributed by atoms with Crippen LogP contribution < -0.4 is 0 Å². The van der Waals surface area contributed by atoms with Crippen molar-refractivity contribution in [2.45, 2.75) is 51.4 Å². The summed E-state index contributed by atoms with van der Waals surface area (Å²) in [5, 5.41) is 0. The molecule has 0 N–H and O–H groups in total. The Bertz CT molecular complexity index is 927. The number of rotatable bonds is 4. The van der Waals surface area contributed by atoms with E-state index in [0.29, 0.717) is 13.2 Å². The van der Waals surface area contributed by atoms with E-state index in [-0.39, 0.29) is 23.8 Å². The number of fused-ring (bicyclic) bond motifs is 2. The van der Waals surface area contributed by atoms with E-state index in [1.165, 1.54) is 33.4 Å². The molecule has 0 saturated heterocycles. The first-order valence-corrected chi connectivity index (χ1v) is 11.2. The molecule has 156 valence electrons. The number of benzene rings is 2. The van der Waals surface area contributed by atoms with Gasteiger partial charge in [0, 0.05) is 11.8 Å². The SMILES string of the molecule is CCOC(=O)[C@@H]1[C@H](C(=O)OCC)[C@H]2c3cc4ccc3CCc3ccc(cc3[C@@H]12)CC4. The van der Waals surface area contributed by atoms with E-state index >= 15 is 0 Å². The molecule has 4 nitrogen and oxygen atoms in total. The first-order valence-electron chi connectivity index (χ1n) is 11.2. The molecule has 4 heteroatoms. The van der Waals surface area contributed by atoms with Gasteiger partial charge < -0.3 is 9.47 Å². The molecule has 4 atom stereocenters. The summed E-state index contributed by atoms with van der Waals surface area (Å²) in [4.78, 5) is 26.1. The summed E-state index contributed by atoms with van der Waals surface area (Å²) < 4.78 is 10.9. The Morgan fingerprint density at radius 1 is 0.733 bits per heavy atom. The Balaban J connectivity index is 1.72. The van der Waals surface area contributed by atoms with E-state index in [1.54, 1.807) is 0 Å². The van der Waals surface area contributed by atoms with Gasteiger partial charge in [-0.25, -0.2) is 0 Å². The lowest BCUT2D eigenvalue weighted by Gasteiger charge is -2.51. The van der Waals surface area contributed by atoms with Crippen LogP contribution >= 0.6 is 0 Å². The average Bonchev–Trinajstić information content (AvgIpc) is 2.69. The molecule has 2 aromatic rings. The highest BCUT2D eigenvalue weighted by Gasteiger charge is 2.60. The third-order valence-electron chi connectivity index (χ3n) is 7.17. The minimum atomic E-state index is -0.489. The zero-order valence-corrected chi connectivity index (χ0v) is 17.6. The first-order chi connectivity index (χ1) is 14.6. The second kappa shape index (κ2) is 7.57. The van der Waals surface area contributed by atoms with Crippen molar-refractivity contribution in [1.29, 1.82) is 0 Å². The summed E-state index contributed by atoms with van der Waals surface area (Å²) in [5.74, 6) is -1.61. The van der Waals surface area contributed by atoms with E-state index < -0.39 is 11.8 Å². The van der Waals surface area contributed by atoms with Crippen LogP contribution in [0, 0.1) is 11.8 Å². The Morgan fingerprint density at radius 3 is 1.57 bits per heavy atom. The Hall–Kier alpha value is -2.62. The van der Waals surface area contributed by atoms with E-state index in [0.717, 1.165) is 25.7 Å². The highest BCUT2D eigenvalue weighted by molar-refractivity contribution is 5.87. The smallest absolute Gasteiger partial charge is 0.310 e. The van der Waals surface area contributed by atoms with Crippen LogP contribution in [0.2, 0.25) is 0 Å². The molecule has 30 heavy (non-hydrogen) atoms. The molecular formula is C26H28O4. The standard InChI is InChI=1S/C26H28O4/c1-3-29-25(27)23-21-19-13-15-5-6-16-8-10-18(12-11-17(19)9-7-15)20(14-16)22(21)24(23)26(28)30-4-2/h7-10,13-14,21-24H,3-6,11-12H2,1-2H3/t21-,22+,23+,24-. The van der Waals surface area contributed by atoms with Gasteiger partial charge in [0.05, 0.1) is 25.0 Å². The van der Waals surface area contributed by atoms with Crippen molar-refractivity contribution in [3.63, 3.8) is 0 Å². The molecule has 0 spiro atoms. The first kappa shape index (κ1) is 19.3. The molecule has 0 unspecified atom stereocenters. The van der Waals surface area contributed by atoms with Gasteiger partial charge in [0.2, 0.25) is 0 Å². The number of carbonyl (C=O) groups excluding carboxylic acids is 2. The van der Waals surface area contributed by atoms with Crippen molar-refractivity contribution in [3.8, 4) is 0 Å². The maximum Gasteiger partial charge on any atom is 0.310 e. The van der Waals surface area contributed by atoms with Gasteiger partial charge >= 0.3 is 11.9 Å². The van der Waals surface area contributed by atoms with Crippen molar-refractivity contribution in [2.75, 3.05) is 13.2 Å². The highest BCUT2D eigenvalue weighted by atomic mass is 16.5. The van der Waals surface area contributed by atoms with Gasteiger partial charge in [-0.15, -0.1) is 0 Å². The van der Waals surface area contributed by atoms with E-state index in [2.05, 4.69) is 36.4 Å². The fraction of sp³-hybridized carbons (Fsp3) is 0.462. The molecule has 0 heterocycles. The topological polar surface area (TPSA) is 52.6 Å². The van der Waals surface area contributed by atoms with Crippen LogP contribution in [-0.2, 0) is 44.7 Å². The monoisotopic (exact) mass is 404 g/mol. The van der Waals surface area contributed by atoms with Crippen molar-refractivity contribution < 1.29 is 19.1 Å². The molecular weight excluding hydrogens is 376 g/mol. The van der Waals surface area contributed by atoms with Crippen molar-refractivity contribution in [3.05, 3.63) is 69.8 Å². The normalized spacial score (nSPS) is 25.7. The fourth-order valence-electron chi connectivity index (χ4n) is 5.82. The molecule has 5 rings (SSSR count). The molecule has 4 bridgehead atoms. The largest absolute Gasteiger partial charge is 0.466 e. The molecule has 0 radical (unpaired) electrons. The predicted molar refractivity (Wildman–Crippen MR) is 113 cm³/mol. The summed E-state index contributed by atoms with van der Waals surface area (Å²) in [7, 11) is 0. The van der Waals surface area contributed by atoms with Gasteiger partial charge in [-0.1, -0.05) is 36.4 Å². The molecule has 1 saturated carbocycles. The summed E-state index contributed by atoms with van der Waals surface area (Å²) in [6, 6.07) is 13.5. The third-order valence-corrected chi connectivity index (χ3v) is 7.17. The predicted octanol–water partition coefficient (Wildman–Crippen LogP) is 4.12. The zero-order valence-electron chi connectivity index (χ0n) is 17.6. The Labute approximate surface area is 177 Å². The summed E-state index contributed by atoms with van der Waals surface area (Å²) >= 11 is 0. The highest BCUT2D eigenvalue weighted by Crippen LogP contribution is 2.60. The quantitative estimate of drug-likeness (QED) is 0.720. The van der Waals surface area contributed by atoms with Crippen LogP contribution in [0.4, 0.5) is 0 Å². The maximum absolute atomic E-state index is 13.1. The van der Waals surface area contributed by atoms with Gasteiger partial charge in [-0.05, 0) is 72.9 Å². The molecule has 3 aliphatic carbocycles. The second-order valence-electron chi connectivity index (χ2n) is 8.67. The third kappa shape index (κ3) is 2.96. The number of hydrogen-bond donors (Lipinski definition) is 0. The van der Waals surface area contributed by atoms with Crippen molar-refractivity contribution >= 4 is 11.9 Å². The number of aryl methyl sites for hydroxylation is 4. The van der Waals surface area contributed by atoms with Crippen LogP contribution in [0.5, 0.6) is 0 Å².